The van der Waals surface area contributed by atoms with Crippen molar-refractivity contribution in [1.82, 2.24) is 9.78 Å². The molecule has 0 aliphatic carbocycles. The minimum absolute atomic E-state index is 0.106. The second kappa shape index (κ2) is 8.00. The molecule has 0 aliphatic rings. The molecule has 0 radical (unpaired) electrons. The summed E-state index contributed by atoms with van der Waals surface area (Å²) in [6, 6.07) is 17.8. The Hall–Kier alpha value is -2.88. The maximum Gasteiger partial charge on any atom is 0.255 e. The third-order valence-corrected chi connectivity index (χ3v) is 4.57. The molecule has 0 spiro atoms. The smallest absolute Gasteiger partial charge is 0.255 e. The van der Waals surface area contributed by atoms with Gasteiger partial charge in [-0.3, -0.25) is 4.79 Å². The Morgan fingerprint density at radius 2 is 1.73 bits per heavy atom. The summed E-state index contributed by atoms with van der Waals surface area (Å²) in [4.78, 5) is 12.6. The number of nitrogens with one attached hydrogen (secondary N) is 1. The second-order valence-corrected chi connectivity index (χ2v) is 6.55. The van der Waals surface area contributed by atoms with Crippen LogP contribution in [0, 0.1) is 13.8 Å². The van der Waals surface area contributed by atoms with Crippen molar-refractivity contribution < 1.29 is 4.79 Å². The number of hydrogen-bond donors (Lipinski definition) is 1. The van der Waals surface area contributed by atoms with Gasteiger partial charge in [-0.05, 0) is 56.5 Å². The molecule has 134 valence electrons. The summed E-state index contributed by atoms with van der Waals surface area (Å²) in [6.45, 7) is 6.06. The minimum atomic E-state index is -0.106. The Morgan fingerprint density at radius 3 is 2.38 bits per heavy atom. The SMILES string of the molecule is CCCCc1ccc(C(=O)Nc2c(C)nn(-c3ccccc3)c2C)cc1. The Bertz CT molecular complexity index is 880. The molecular weight excluding hydrogens is 322 g/mol. The van der Waals surface area contributed by atoms with Crippen molar-refractivity contribution in [2.75, 3.05) is 5.32 Å². The van der Waals surface area contributed by atoms with E-state index in [1.807, 2.05) is 73.1 Å². The number of benzene rings is 2. The number of carbonyl (C=O) groups is 1. The topological polar surface area (TPSA) is 46.9 Å². The fraction of sp³-hybridized carbons (Fsp3) is 0.273. The zero-order valence-corrected chi connectivity index (χ0v) is 15.6. The van der Waals surface area contributed by atoms with E-state index in [0.717, 1.165) is 29.2 Å². The van der Waals surface area contributed by atoms with E-state index in [4.69, 9.17) is 0 Å². The maximum absolute atomic E-state index is 12.6. The van der Waals surface area contributed by atoms with Gasteiger partial charge in [0.2, 0.25) is 0 Å². The molecule has 3 rings (SSSR count). The highest BCUT2D eigenvalue weighted by Crippen LogP contribution is 2.23. The molecule has 1 amide bonds. The van der Waals surface area contributed by atoms with E-state index < -0.39 is 0 Å². The van der Waals surface area contributed by atoms with Crippen molar-refractivity contribution in [2.45, 2.75) is 40.0 Å². The van der Waals surface area contributed by atoms with E-state index in [-0.39, 0.29) is 5.91 Å². The summed E-state index contributed by atoms with van der Waals surface area (Å²) in [5.41, 5.74) is 5.41. The van der Waals surface area contributed by atoms with Gasteiger partial charge < -0.3 is 5.32 Å². The lowest BCUT2D eigenvalue weighted by Crippen LogP contribution is -2.13. The van der Waals surface area contributed by atoms with Crippen molar-refractivity contribution in [3.05, 3.63) is 77.1 Å². The van der Waals surface area contributed by atoms with Crippen LogP contribution in [0.3, 0.4) is 0 Å². The van der Waals surface area contributed by atoms with Crippen LogP contribution in [0.2, 0.25) is 0 Å². The number of nitrogens with zero attached hydrogens (tertiary/aromatic N) is 2. The molecule has 0 atom stereocenters. The van der Waals surface area contributed by atoms with Gasteiger partial charge >= 0.3 is 0 Å². The van der Waals surface area contributed by atoms with Gasteiger partial charge in [-0.25, -0.2) is 4.68 Å². The normalized spacial score (nSPS) is 10.7. The molecule has 4 heteroatoms. The van der Waals surface area contributed by atoms with Crippen molar-refractivity contribution >= 4 is 11.6 Å². The number of anilines is 1. The van der Waals surface area contributed by atoms with Crippen molar-refractivity contribution in [1.29, 1.82) is 0 Å². The van der Waals surface area contributed by atoms with Gasteiger partial charge in [0.05, 0.1) is 22.8 Å². The van der Waals surface area contributed by atoms with E-state index in [9.17, 15) is 4.79 Å². The molecule has 26 heavy (non-hydrogen) atoms. The molecular formula is C22H25N3O. The van der Waals surface area contributed by atoms with Crippen LogP contribution in [-0.4, -0.2) is 15.7 Å². The molecule has 1 aromatic heterocycles. The van der Waals surface area contributed by atoms with Crippen LogP contribution in [0.25, 0.3) is 5.69 Å². The van der Waals surface area contributed by atoms with Crippen molar-refractivity contribution in [3.63, 3.8) is 0 Å². The Labute approximate surface area is 154 Å². The van der Waals surface area contributed by atoms with Crippen LogP contribution in [0.5, 0.6) is 0 Å². The molecule has 3 aromatic rings. The molecule has 0 aliphatic heterocycles. The van der Waals surface area contributed by atoms with Crippen LogP contribution in [0.15, 0.2) is 54.6 Å². The van der Waals surface area contributed by atoms with Crippen LogP contribution in [-0.2, 0) is 6.42 Å². The maximum atomic E-state index is 12.6. The van der Waals surface area contributed by atoms with E-state index in [0.29, 0.717) is 5.56 Å². The third kappa shape index (κ3) is 3.85. The van der Waals surface area contributed by atoms with Gasteiger partial charge in [0.15, 0.2) is 0 Å². The number of amides is 1. The molecule has 4 nitrogen and oxygen atoms in total. The summed E-state index contributed by atoms with van der Waals surface area (Å²) in [7, 11) is 0. The lowest BCUT2D eigenvalue weighted by Gasteiger charge is -2.08. The van der Waals surface area contributed by atoms with Crippen LogP contribution < -0.4 is 5.32 Å². The number of aromatic nitrogens is 2. The van der Waals surface area contributed by atoms with Gasteiger partial charge in [0.25, 0.3) is 5.91 Å². The first-order chi connectivity index (χ1) is 12.6. The van der Waals surface area contributed by atoms with Gasteiger partial charge in [-0.2, -0.15) is 5.10 Å². The predicted octanol–water partition coefficient (Wildman–Crippen LogP) is 5.08. The Kier molecular flexibility index (Phi) is 5.52. The van der Waals surface area contributed by atoms with Crippen LogP contribution in [0.4, 0.5) is 5.69 Å². The minimum Gasteiger partial charge on any atom is -0.319 e. The van der Waals surface area contributed by atoms with Gasteiger partial charge in [0.1, 0.15) is 0 Å². The first-order valence-corrected chi connectivity index (χ1v) is 9.12. The quantitative estimate of drug-likeness (QED) is 0.675. The second-order valence-electron chi connectivity index (χ2n) is 6.55. The number of carbonyl (C=O) groups excluding carboxylic acids is 1. The molecule has 0 bridgehead atoms. The lowest BCUT2D eigenvalue weighted by molar-refractivity contribution is 0.102. The first kappa shape index (κ1) is 17.9. The molecule has 0 saturated heterocycles. The van der Waals surface area contributed by atoms with Crippen LogP contribution >= 0.6 is 0 Å². The number of rotatable bonds is 6. The number of para-hydroxylation sites is 1. The Morgan fingerprint density at radius 1 is 1.04 bits per heavy atom. The van der Waals surface area contributed by atoms with Crippen molar-refractivity contribution in [3.8, 4) is 5.69 Å². The molecule has 0 unspecified atom stereocenters. The van der Waals surface area contributed by atoms with Gasteiger partial charge in [-0.1, -0.05) is 43.7 Å². The van der Waals surface area contributed by atoms with E-state index in [1.54, 1.807) is 0 Å². The highest BCUT2D eigenvalue weighted by atomic mass is 16.1. The number of hydrogen-bond acceptors (Lipinski definition) is 2. The van der Waals surface area contributed by atoms with Gasteiger partial charge in [0, 0.05) is 5.56 Å². The summed E-state index contributed by atoms with van der Waals surface area (Å²) >= 11 is 0. The van der Waals surface area contributed by atoms with Crippen molar-refractivity contribution in [2.24, 2.45) is 0 Å². The molecule has 1 N–H and O–H groups in total. The molecule has 0 fully saturated rings. The fourth-order valence-electron chi connectivity index (χ4n) is 3.03. The largest absolute Gasteiger partial charge is 0.319 e. The van der Waals surface area contributed by atoms with E-state index in [2.05, 4.69) is 17.3 Å². The number of aryl methyl sites for hydroxylation is 2. The third-order valence-electron chi connectivity index (χ3n) is 4.57. The zero-order chi connectivity index (χ0) is 18.5. The standard InChI is InChI=1S/C22H25N3O/c1-4-5-9-18-12-14-19(15-13-18)22(26)23-21-16(2)24-25(17(21)3)20-10-7-6-8-11-20/h6-8,10-15H,4-5,9H2,1-3H3,(H,23,26). The predicted molar refractivity (Wildman–Crippen MR) is 106 cm³/mol. The summed E-state index contributed by atoms with van der Waals surface area (Å²) < 4.78 is 1.86. The van der Waals surface area contributed by atoms with Gasteiger partial charge in [-0.15, -0.1) is 0 Å². The van der Waals surface area contributed by atoms with Crippen LogP contribution in [0.1, 0.15) is 47.1 Å². The summed E-state index contributed by atoms with van der Waals surface area (Å²) in [5.74, 6) is -0.106. The fourth-order valence-corrected chi connectivity index (χ4v) is 3.03. The molecule has 1 heterocycles. The lowest BCUT2D eigenvalue weighted by atomic mass is 10.1. The van der Waals surface area contributed by atoms with E-state index >= 15 is 0 Å². The molecule has 2 aromatic carbocycles. The zero-order valence-electron chi connectivity index (χ0n) is 15.6. The Balaban J connectivity index is 1.78. The monoisotopic (exact) mass is 347 g/mol. The van der Waals surface area contributed by atoms with E-state index in [1.165, 1.54) is 18.4 Å². The average molecular weight is 347 g/mol. The molecule has 0 saturated carbocycles. The summed E-state index contributed by atoms with van der Waals surface area (Å²) in [6.07, 6.45) is 3.40. The highest BCUT2D eigenvalue weighted by Gasteiger charge is 2.16. The first-order valence-electron chi connectivity index (χ1n) is 9.12. The average Bonchev–Trinajstić information content (AvgIpc) is 2.95. The highest BCUT2D eigenvalue weighted by molar-refractivity contribution is 6.04. The summed E-state index contributed by atoms with van der Waals surface area (Å²) in [5, 5.41) is 7.60. The number of unbranched alkanes of at least 4 members (excludes halogenated alkanes) is 1.